The molecule has 0 N–H and O–H groups in total. The predicted molar refractivity (Wildman–Crippen MR) is 82.8 cm³/mol. The third kappa shape index (κ3) is 3.36. The smallest absolute Gasteiger partial charge is 0.271 e. The molecule has 0 radical (unpaired) electrons. The Balaban J connectivity index is 1.85. The summed E-state index contributed by atoms with van der Waals surface area (Å²) in [6, 6.07) is 7.64. The van der Waals surface area contributed by atoms with E-state index < -0.39 is 15.7 Å². The van der Waals surface area contributed by atoms with Crippen molar-refractivity contribution in [1.29, 1.82) is 0 Å². The van der Waals surface area contributed by atoms with Gasteiger partial charge in [0.25, 0.3) is 10.1 Å². The lowest BCUT2D eigenvalue weighted by molar-refractivity contribution is 0.198. The minimum absolute atomic E-state index is 0.132. The molecule has 1 aromatic carbocycles. The highest BCUT2D eigenvalue weighted by molar-refractivity contribution is 9.10. The Morgan fingerprint density at radius 3 is 2.76 bits per heavy atom. The van der Waals surface area contributed by atoms with Gasteiger partial charge in [-0.2, -0.15) is 8.42 Å². The van der Waals surface area contributed by atoms with Crippen LogP contribution in [0.4, 0.5) is 0 Å². The van der Waals surface area contributed by atoms with Crippen molar-refractivity contribution in [2.75, 3.05) is 12.9 Å². The number of ether oxygens (including phenoxy) is 1. The molecule has 0 amide bonds. The molecule has 0 aliphatic heterocycles. The van der Waals surface area contributed by atoms with Crippen molar-refractivity contribution in [3.05, 3.63) is 34.9 Å². The topological polar surface area (TPSA) is 65.5 Å². The van der Waals surface area contributed by atoms with E-state index in [2.05, 4.69) is 25.1 Å². The van der Waals surface area contributed by atoms with Crippen LogP contribution in [0.3, 0.4) is 0 Å². The summed E-state index contributed by atoms with van der Waals surface area (Å²) < 4.78 is 34.5. The molecule has 2 aromatic rings. The molecule has 1 aromatic heterocycles. The van der Waals surface area contributed by atoms with Gasteiger partial charge in [-0.05, 0) is 37.1 Å². The van der Waals surface area contributed by atoms with E-state index in [1.54, 1.807) is 6.20 Å². The molecule has 0 unspecified atom stereocenters. The quantitative estimate of drug-likeness (QED) is 0.756. The monoisotopic (exact) mass is 371 g/mol. The number of rotatable bonds is 5. The second-order valence-electron chi connectivity index (χ2n) is 5.16. The standard InChI is InChI=1S/C14H14BrNO4S/c1-19-21(17,18)9-14(4-5-14)20-12-7-10-6-11(15)2-3-13(10)16-8-12/h2-3,6-8H,4-5,9H2,1H3. The van der Waals surface area contributed by atoms with Crippen molar-refractivity contribution in [3.63, 3.8) is 0 Å². The fraction of sp³-hybridized carbons (Fsp3) is 0.357. The average molecular weight is 372 g/mol. The Kier molecular flexibility index (Phi) is 3.67. The van der Waals surface area contributed by atoms with Crippen molar-refractivity contribution in [2.45, 2.75) is 18.4 Å². The maximum atomic E-state index is 11.6. The molecule has 5 nitrogen and oxygen atoms in total. The van der Waals surface area contributed by atoms with Crippen LogP contribution >= 0.6 is 15.9 Å². The number of fused-ring (bicyclic) bond motifs is 1. The molecule has 0 bridgehead atoms. The molecule has 21 heavy (non-hydrogen) atoms. The molecule has 112 valence electrons. The van der Waals surface area contributed by atoms with Crippen LogP contribution in [0.25, 0.3) is 10.9 Å². The van der Waals surface area contributed by atoms with E-state index in [1.165, 1.54) is 7.11 Å². The van der Waals surface area contributed by atoms with Gasteiger partial charge in [0, 0.05) is 9.86 Å². The van der Waals surface area contributed by atoms with Gasteiger partial charge in [0.05, 0.1) is 18.8 Å². The van der Waals surface area contributed by atoms with Gasteiger partial charge in [-0.15, -0.1) is 0 Å². The molecular formula is C14H14BrNO4S. The van der Waals surface area contributed by atoms with E-state index >= 15 is 0 Å². The van der Waals surface area contributed by atoms with Crippen molar-refractivity contribution in [1.82, 2.24) is 4.98 Å². The van der Waals surface area contributed by atoms with Gasteiger partial charge >= 0.3 is 0 Å². The van der Waals surface area contributed by atoms with Crippen LogP contribution in [-0.2, 0) is 14.3 Å². The third-order valence-electron chi connectivity index (χ3n) is 3.45. The third-order valence-corrected chi connectivity index (χ3v) is 5.33. The zero-order chi connectivity index (χ0) is 15.1. The zero-order valence-electron chi connectivity index (χ0n) is 11.4. The highest BCUT2D eigenvalue weighted by atomic mass is 79.9. The summed E-state index contributed by atoms with van der Waals surface area (Å²) in [5.41, 5.74) is 0.191. The number of hydrogen-bond donors (Lipinski definition) is 0. The number of hydrogen-bond acceptors (Lipinski definition) is 5. The highest BCUT2D eigenvalue weighted by Crippen LogP contribution is 2.42. The minimum atomic E-state index is -3.54. The maximum absolute atomic E-state index is 11.6. The fourth-order valence-electron chi connectivity index (χ4n) is 2.18. The van der Waals surface area contributed by atoms with E-state index in [0.29, 0.717) is 18.6 Å². The van der Waals surface area contributed by atoms with Crippen LogP contribution in [0.15, 0.2) is 34.9 Å². The second-order valence-corrected chi connectivity index (χ2v) is 7.81. The van der Waals surface area contributed by atoms with Crippen molar-refractivity contribution < 1.29 is 17.3 Å². The molecular weight excluding hydrogens is 358 g/mol. The summed E-state index contributed by atoms with van der Waals surface area (Å²) >= 11 is 3.42. The molecule has 1 heterocycles. The normalized spacial score (nSPS) is 16.9. The van der Waals surface area contributed by atoms with Crippen LogP contribution in [-0.4, -0.2) is 31.9 Å². The highest BCUT2D eigenvalue weighted by Gasteiger charge is 2.49. The average Bonchev–Trinajstić information content (AvgIpc) is 3.16. The predicted octanol–water partition coefficient (Wildman–Crippen LogP) is 2.88. The lowest BCUT2D eigenvalue weighted by atomic mass is 10.2. The van der Waals surface area contributed by atoms with E-state index in [9.17, 15) is 8.42 Å². The Bertz CT molecular complexity index is 787. The maximum Gasteiger partial charge on any atom is 0.271 e. The lowest BCUT2D eigenvalue weighted by Crippen LogP contribution is -2.29. The Morgan fingerprint density at radius 2 is 2.10 bits per heavy atom. The largest absolute Gasteiger partial charge is 0.484 e. The molecule has 1 aliphatic rings. The summed E-state index contributed by atoms with van der Waals surface area (Å²) in [6.07, 6.45) is 3.02. The van der Waals surface area contributed by atoms with Crippen LogP contribution in [0.1, 0.15) is 12.8 Å². The van der Waals surface area contributed by atoms with Gasteiger partial charge in [0.15, 0.2) is 0 Å². The summed E-state index contributed by atoms with van der Waals surface area (Å²) in [6.45, 7) is 0. The van der Waals surface area contributed by atoms with E-state index in [0.717, 1.165) is 15.4 Å². The molecule has 0 saturated heterocycles. The molecule has 1 saturated carbocycles. The van der Waals surface area contributed by atoms with Crippen LogP contribution in [0.2, 0.25) is 0 Å². The van der Waals surface area contributed by atoms with Crippen LogP contribution < -0.4 is 4.74 Å². The number of nitrogens with zero attached hydrogens (tertiary/aromatic N) is 1. The van der Waals surface area contributed by atoms with Gasteiger partial charge in [-0.25, -0.2) is 0 Å². The van der Waals surface area contributed by atoms with Gasteiger partial charge in [-0.1, -0.05) is 15.9 Å². The molecule has 1 fully saturated rings. The summed E-state index contributed by atoms with van der Waals surface area (Å²) in [5, 5.41) is 0.937. The first-order valence-electron chi connectivity index (χ1n) is 6.44. The van der Waals surface area contributed by atoms with Crippen molar-refractivity contribution in [2.24, 2.45) is 0 Å². The summed E-state index contributed by atoms with van der Waals surface area (Å²) in [7, 11) is -2.37. The zero-order valence-corrected chi connectivity index (χ0v) is 13.8. The van der Waals surface area contributed by atoms with Gasteiger partial charge in [-0.3, -0.25) is 9.17 Å². The number of aromatic nitrogens is 1. The number of benzene rings is 1. The minimum Gasteiger partial charge on any atom is -0.484 e. The van der Waals surface area contributed by atoms with Crippen LogP contribution in [0.5, 0.6) is 5.75 Å². The first-order chi connectivity index (χ1) is 9.91. The molecule has 0 spiro atoms. The van der Waals surface area contributed by atoms with Crippen LogP contribution in [0, 0.1) is 0 Å². The SMILES string of the molecule is COS(=O)(=O)CC1(Oc2cnc3ccc(Br)cc3c2)CC1. The molecule has 3 rings (SSSR count). The Labute approximate surface area is 131 Å². The van der Waals surface area contributed by atoms with Gasteiger partial charge in [0.1, 0.15) is 17.1 Å². The Hall–Kier alpha value is -1.18. The van der Waals surface area contributed by atoms with E-state index in [-0.39, 0.29) is 5.75 Å². The summed E-state index contributed by atoms with van der Waals surface area (Å²) in [5.74, 6) is 0.442. The Morgan fingerprint density at radius 1 is 1.33 bits per heavy atom. The summed E-state index contributed by atoms with van der Waals surface area (Å²) in [4.78, 5) is 4.32. The number of pyridine rings is 1. The first-order valence-corrected chi connectivity index (χ1v) is 8.81. The molecule has 1 aliphatic carbocycles. The molecule has 0 atom stereocenters. The fourth-order valence-corrected chi connectivity index (χ4v) is 3.67. The lowest BCUT2D eigenvalue weighted by Gasteiger charge is -2.17. The van der Waals surface area contributed by atoms with E-state index in [4.69, 9.17) is 4.74 Å². The second kappa shape index (κ2) is 5.23. The first kappa shape index (κ1) is 14.7. The van der Waals surface area contributed by atoms with Crippen molar-refractivity contribution in [3.8, 4) is 5.75 Å². The molecule has 7 heteroatoms. The van der Waals surface area contributed by atoms with Gasteiger partial charge in [0.2, 0.25) is 0 Å². The van der Waals surface area contributed by atoms with E-state index in [1.807, 2.05) is 24.3 Å². The van der Waals surface area contributed by atoms with Gasteiger partial charge < -0.3 is 4.74 Å². The number of halogens is 1. The van der Waals surface area contributed by atoms with Crippen molar-refractivity contribution >= 4 is 37.0 Å².